The lowest BCUT2D eigenvalue weighted by molar-refractivity contribution is 0.224. The van der Waals surface area contributed by atoms with E-state index in [1.807, 2.05) is 18.2 Å². The number of hydrogen-bond acceptors (Lipinski definition) is 2. The molecule has 0 radical (unpaired) electrons. The minimum absolute atomic E-state index is 0.0937. The van der Waals surface area contributed by atoms with E-state index in [1.54, 1.807) is 0 Å². The van der Waals surface area contributed by atoms with Crippen LogP contribution in [0.1, 0.15) is 25.5 Å². The third-order valence-electron chi connectivity index (χ3n) is 2.81. The summed E-state index contributed by atoms with van der Waals surface area (Å²) in [6.45, 7) is 6.60. The minimum Gasteiger partial charge on any atom is -0.329 e. The third kappa shape index (κ3) is 2.89. The van der Waals surface area contributed by atoms with Crippen molar-refractivity contribution in [3.8, 4) is 0 Å². The molecule has 0 spiro atoms. The Balaban J connectivity index is 3.12. The van der Waals surface area contributed by atoms with Gasteiger partial charge in [0, 0.05) is 28.2 Å². The number of likely N-dealkylation sites (N-methyl/N-ethyl adjacent to an activating group) is 1. The summed E-state index contributed by atoms with van der Waals surface area (Å²) in [5, 5.41) is 1.38. The summed E-state index contributed by atoms with van der Waals surface area (Å²) < 4.78 is 0. The van der Waals surface area contributed by atoms with Crippen LogP contribution in [0.15, 0.2) is 18.2 Å². The molecule has 0 bridgehead atoms. The highest BCUT2D eigenvalue weighted by atomic mass is 35.5. The molecule has 0 heterocycles. The van der Waals surface area contributed by atoms with Crippen molar-refractivity contribution < 1.29 is 0 Å². The quantitative estimate of drug-likeness (QED) is 0.880. The van der Waals surface area contributed by atoms with Crippen LogP contribution in [-0.4, -0.2) is 24.5 Å². The van der Waals surface area contributed by atoms with Crippen molar-refractivity contribution in [2.24, 2.45) is 5.73 Å². The van der Waals surface area contributed by atoms with E-state index in [2.05, 4.69) is 18.7 Å². The minimum atomic E-state index is 0.0937. The lowest BCUT2D eigenvalue weighted by Gasteiger charge is -2.30. The Morgan fingerprint density at radius 1 is 1.19 bits per heavy atom. The Labute approximate surface area is 107 Å². The van der Waals surface area contributed by atoms with E-state index in [9.17, 15) is 0 Å². The van der Waals surface area contributed by atoms with Crippen molar-refractivity contribution in [3.63, 3.8) is 0 Å². The van der Waals surface area contributed by atoms with Crippen LogP contribution in [0.25, 0.3) is 0 Å². The fourth-order valence-electron chi connectivity index (χ4n) is 1.94. The van der Waals surface area contributed by atoms with E-state index >= 15 is 0 Å². The van der Waals surface area contributed by atoms with Crippen LogP contribution in [-0.2, 0) is 0 Å². The van der Waals surface area contributed by atoms with Gasteiger partial charge in [-0.25, -0.2) is 0 Å². The number of rotatable bonds is 5. The summed E-state index contributed by atoms with van der Waals surface area (Å²) in [6.07, 6.45) is 0. The Morgan fingerprint density at radius 2 is 1.69 bits per heavy atom. The average Bonchev–Trinajstić information content (AvgIpc) is 2.28. The monoisotopic (exact) mass is 260 g/mol. The summed E-state index contributed by atoms with van der Waals surface area (Å²) in [7, 11) is 0. The summed E-state index contributed by atoms with van der Waals surface area (Å²) >= 11 is 12.4. The van der Waals surface area contributed by atoms with Gasteiger partial charge in [-0.1, -0.05) is 43.1 Å². The molecule has 0 fully saturated rings. The van der Waals surface area contributed by atoms with Gasteiger partial charge in [0.05, 0.1) is 0 Å². The highest BCUT2D eigenvalue weighted by Crippen LogP contribution is 2.32. The van der Waals surface area contributed by atoms with Crippen LogP contribution < -0.4 is 5.73 Å². The van der Waals surface area contributed by atoms with Crippen molar-refractivity contribution >= 4 is 23.2 Å². The van der Waals surface area contributed by atoms with Gasteiger partial charge in [-0.15, -0.1) is 0 Å². The Bertz CT molecular complexity index is 318. The second-order valence-corrected chi connectivity index (χ2v) is 4.42. The predicted molar refractivity (Wildman–Crippen MR) is 71.2 cm³/mol. The molecule has 0 aliphatic carbocycles. The van der Waals surface area contributed by atoms with Gasteiger partial charge in [0.25, 0.3) is 0 Å². The van der Waals surface area contributed by atoms with Gasteiger partial charge in [-0.3, -0.25) is 4.90 Å². The Morgan fingerprint density at radius 3 is 2.06 bits per heavy atom. The van der Waals surface area contributed by atoms with E-state index in [1.165, 1.54) is 0 Å². The zero-order chi connectivity index (χ0) is 12.1. The normalized spacial score (nSPS) is 13.1. The lowest BCUT2D eigenvalue weighted by Crippen LogP contribution is -2.33. The Kier molecular flexibility index (Phi) is 5.56. The molecule has 1 rings (SSSR count). The van der Waals surface area contributed by atoms with Gasteiger partial charge in [0.15, 0.2) is 0 Å². The molecular formula is C12H18Cl2N2. The molecule has 16 heavy (non-hydrogen) atoms. The van der Waals surface area contributed by atoms with Crippen molar-refractivity contribution in [2.75, 3.05) is 19.6 Å². The molecule has 1 aromatic carbocycles. The van der Waals surface area contributed by atoms with E-state index in [-0.39, 0.29) is 6.04 Å². The van der Waals surface area contributed by atoms with Crippen LogP contribution in [0.3, 0.4) is 0 Å². The van der Waals surface area contributed by atoms with Crippen molar-refractivity contribution in [2.45, 2.75) is 19.9 Å². The van der Waals surface area contributed by atoms with Gasteiger partial charge in [0.1, 0.15) is 0 Å². The van der Waals surface area contributed by atoms with E-state index in [0.29, 0.717) is 16.6 Å². The number of nitrogens with zero attached hydrogens (tertiary/aromatic N) is 1. The third-order valence-corrected chi connectivity index (χ3v) is 3.47. The van der Waals surface area contributed by atoms with E-state index in [4.69, 9.17) is 28.9 Å². The standard InChI is InChI=1S/C12H18Cl2N2/c1-3-16(4-2)11(8-15)12-9(13)6-5-7-10(12)14/h5-7,11H,3-4,8,15H2,1-2H3. The van der Waals surface area contributed by atoms with Gasteiger partial charge in [-0.05, 0) is 25.2 Å². The lowest BCUT2D eigenvalue weighted by atomic mass is 10.1. The molecule has 0 aliphatic heterocycles. The SMILES string of the molecule is CCN(CC)C(CN)c1c(Cl)cccc1Cl. The van der Waals surface area contributed by atoms with Gasteiger partial charge in [0.2, 0.25) is 0 Å². The molecule has 0 aromatic heterocycles. The smallest absolute Gasteiger partial charge is 0.0499 e. The highest BCUT2D eigenvalue weighted by molar-refractivity contribution is 6.36. The number of hydrogen-bond donors (Lipinski definition) is 1. The molecule has 2 N–H and O–H groups in total. The Hall–Kier alpha value is -0.280. The van der Waals surface area contributed by atoms with Gasteiger partial charge >= 0.3 is 0 Å². The number of nitrogens with two attached hydrogens (primary N) is 1. The molecular weight excluding hydrogens is 243 g/mol. The fraction of sp³-hybridized carbons (Fsp3) is 0.500. The average molecular weight is 261 g/mol. The highest BCUT2D eigenvalue weighted by Gasteiger charge is 2.21. The molecule has 2 nitrogen and oxygen atoms in total. The molecule has 0 saturated carbocycles. The zero-order valence-electron chi connectivity index (χ0n) is 9.71. The second-order valence-electron chi connectivity index (χ2n) is 3.61. The summed E-state index contributed by atoms with van der Waals surface area (Å²) in [5.41, 5.74) is 6.78. The van der Waals surface area contributed by atoms with Crippen LogP contribution in [0.4, 0.5) is 0 Å². The first-order chi connectivity index (χ1) is 7.65. The summed E-state index contributed by atoms with van der Waals surface area (Å²) in [4.78, 5) is 2.26. The largest absolute Gasteiger partial charge is 0.329 e. The molecule has 0 saturated heterocycles. The van der Waals surface area contributed by atoms with Crippen molar-refractivity contribution in [1.82, 2.24) is 4.90 Å². The maximum Gasteiger partial charge on any atom is 0.0499 e. The van der Waals surface area contributed by atoms with Crippen LogP contribution in [0.5, 0.6) is 0 Å². The first-order valence-electron chi connectivity index (χ1n) is 5.53. The van der Waals surface area contributed by atoms with Gasteiger partial charge < -0.3 is 5.73 Å². The molecule has 90 valence electrons. The first-order valence-corrected chi connectivity index (χ1v) is 6.29. The predicted octanol–water partition coefficient (Wildman–Crippen LogP) is 3.34. The molecule has 4 heteroatoms. The van der Waals surface area contributed by atoms with Crippen LogP contribution in [0, 0.1) is 0 Å². The molecule has 1 atom stereocenters. The number of benzene rings is 1. The van der Waals surface area contributed by atoms with Crippen LogP contribution in [0.2, 0.25) is 10.0 Å². The maximum atomic E-state index is 6.19. The van der Waals surface area contributed by atoms with E-state index in [0.717, 1.165) is 18.7 Å². The maximum absolute atomic E-state index is 6.19. The number of halogens is 2. The molecule has 0 amide bonds. The van der Waals surface area contributed by atoms with Crippen molar-refractivity contribution in [1.29, 1.82) is 0 Å². The van der Waals surface area contributed by atoms with Gasteiger partial charge in [-0.2, -0.15) is 0 Å². The molecule has 1 unspecified atom stereocenters. The van der Waals surface area contributed by atoms with Crippen molar-refractivity contribution in [3.05, 3.63) is 33.8 Å². The fourth-order valence-corrected chi connectivity index (χ4v) is 2.59. The molecule has 1 aromatic rings. The molecule has 0 aliphatic rings. The van der Waals surface area contributed by atoms with Crippen LogP contribution >= 0.6 is 23.2 Å². The first kappa shape index (κ1) is 13.8. The van der Waals surface area contributed by atoms with E-state index < -0.39 is 0 Å². The summed E-state index contributed by atoms with van der Waals surface area (Å²) in [6, 6.07) is 5.66. The topological polar surface area (TPSA) is 29.3 Å². The zero-order valence-corrected chi connectivity index (χ0v) is 11.2. The second kappa shape index (κ2) is 6.45. The summed E-state index contributed by atoms with van der Waals surface area (Å²) in [5.74, 6) is 0.